The Kier molecular flexibility index (Phi) is 6.89. The molecule has 0 unspecified atom stereocenters. The smallest absolute Gasteiger partial charge is 0.261 e. The SMILES string of the molecule is CSCCNC(=O)c1sc2ncnc(NCCCN3CCCC3=O)c2c1C. The maximum atomic E-state index is 12.4. The average molecular weight is 408 g/mol. The van der Waals surface area contributed by atoms with Gasteiger partial charge in [0.05, 0.1) is 10.3 Å². The molecule has 0 aromatic carbocycles. The summed E-state index contributed by atoms with van der Waals surface area (Å²) in [6, 6.07) is 0. The van der Waals surface area contributed by atoms with Crippen LogP contribution in [-0.2, 0) is 4.79 Å². The number of hydrogen-bond donors (Lipinski definition) is 2. The van der Waals surface area contributed by atoms with E-state index >= 15 is 0 Å². The number of thiophene rings is 1. The average Bonchev–Trinajstić information content (AvgIpc) is 3.22. The Labute approximate surface area is 167 Å². The summed E-state index contributed by atoms with van der Waals surface area (Å²) in [4.78, 5) is 36.2. The number of hydrogen-bond acceptors (Lipinski definition) is 7. The molecule has 0 bridgehead atoms. The van der Waals surface area contributed by atoms with Crippen molar-refractivity contribution >= 4 is 50.9 Å². The summed E-state index contributed by atoms with van der Waals surface area (Å²) in [6.07, 6.45) is 6.05. The Morgan fingerprint density at radius 2 is 2.22 bits per heavy atom. The maximum absolute atomic E-state index is 12.4. The summed E-state index contributed by atoms with van der Waals surface area (Å²) in [6.45, 7) is 4.96. The highest BCUT2D eigenvalue weighted by atomic mass is 32.2. The molecule has 0 atom stereocenters. The van der Waals surface area contributed by atoms with Crippen LogP contribution in [0.1, 0.15) is 34.5 Å². The van der Waals surface area contributed by atoms with E-state index in [0.717, 1.165) is 59.8 Å². The normalized spacial score (nSPS) is 14.1. The Hall–Kier alpha value is -1.87. The molecule has 1 aliphatic rings. The van der Waals surface area contributed by atoms with Crippen LogP contribution in [0.2, 0.25) is 0 Å². The van der Waals surface area contributed by atoms with Gasteiger partial charge in [-0.15, -0.1) is 11.3 Å². The number of rotatable bonds is 9. The number of aromatic nitrogens is 2. The third-order valence-corrected chi connectivity index (χ3v) is 6.40. The Morgan fingerprint density at radius 1 is 1.37 bits per heavy atom. The van der Waals surface area contributed by atoms with E-state index in [-0.39, 0.29) is 11.8 Å². The first-order chi connectivity index (χ1) is 13.1. The Balaban J connectivity index is 1.65. The number of carbonyl (C=O) groups is 2. The number of nitrogens with one attached hydrogen (secondary N) is 2. The van der Waals surface area contributed by atoms with Gasteiger partial charge in [-0.05, 0) is 31.6 Å². The maximum Gasteiger partial charge on any atom is 0.261 e. The molecule has 1 saturated heterocycles. The zero-order valence-corrected chi connectivity index (χ0v) is 17.3. The van der Waals surface area contributed by atoms with Gasteiger partial charge in [-0.25, -0.2) is 9.97 Å². The van der Waals surface area contributed by atoms with Gasteiger partial charge in [0.15, 0.2) is 0 Å². The summed E-state index contributed by atoms with van der Waals surface area (Å²) in [7, 11) is 0. The van der Waals surface area contributed by atoms with Crippen molar-refractivity contribution < 1.29 is 9.59 Å². The molecule has 3 rings (SSSR count). The quantitative estimate of drug-likeness (QED) is 0.621. The zero-order valence-electron chi connectivity index (χ0n) is 15.7. The minimum absolute atomic E-state index is 0.0527. The van der Waals surface area contributed by atoms with Crippen LogP contribution in [0.3, 0.4) is 0 Å². The first-order valence-corrected chi connectivity index (χ1v) is 11.4. The summed E-state index contributed by atoms with van der Waals surface area (Å²) in [5.74, 6) is 1.85. The highest BCUT2D eigenvalue weighted by molar-refractivity contribution is 7.98. The molecular formula is C18H25N5O2S2. The standard InChI is InChI=1S/C18H25N5O2S2/c1-12-14-16(19-6-4-9-23-8-3-5-13(23)24)21-11-22-18(14)27-15(12)17(25)20-7-10-26-2/h11H,3-10H2,1-2H3,(H,20,25)(H,19,21,22). The van der Waals surface area contributed by atoms with Crippen molar-refractivity contribution in [1.29, 1.82) is 0 Å². The lowest BCUT2D eigenvalue weighted by atomic mass is 10.2. The van der Waals surface area contributed by atoms with Crippen molar-refractivity contribution in [3.05, 3.63) is 16.8 Å². The van der Waals surface area contributed by atoms with Gasteiger partial charge in [0.25, 0.3) is 5.91 Å². The molecule has 9 heteroatoms. The highest BCUT2D eigenvalue weighted by Crippen LogP contribution is 2.33. The highest BCUT2D eigenvalue weighted by Gasteiger charge is 2.20. The topological polar surface area (TPSA) is 87.2 Å². The van der Waals surface area contributed by atoms with Crippen LogP contribution < -0.4 is 10.6 Å². The number of amides is 2. The molecule has 3 heterocycles. The molecule has 2 amide bonds. The van der Waals surface area contributed by atoms with Gasteiger partial charge in [-0.2, -0.15) is 11.8 Å². The van der Waals surface area contributed by atoms with Gasteiger partial charge in [0.1, 0.15) is 17.0 Å². The molecule has 2 aromatic rings. The second-order valence-electron chi connectivity index (χ2n) is 6.47. The molecular weight excluding hydrogens is 382 g/mol. The van der Waals surface area contributed by atoms with Crippen molar-refractivity contribution in [1.82, 2.24) is 20.2 Å². The van der Waals surface area contributed by atoms with Gasteiger partial charge in [-0.1, -0.05) is 0 Å². The minimum Gasteiger partial charge on any atom is -0.369 e. The van der Waals surface area contributed by atoms with Gasteiger partial charge < -0.3 is 15.5 Å². The lowest BCUT2D eigenvalue weighted by molar-refractivity contribution is -0.127. The third kappa shape index (κ3) is 4.70. The first kappa shape index (κ1) is 19.9. The van der Waals surface area contributed by atoms with Gasteiger partial charge in [0.2, 0.25) is 5.91 Å². The van der Waals surface area contributed by atoms with Crippen LogP contribution in [-0.4, -0.2) is 64.9 Å². The van der Waals surface area contributed by atoms with E-state index in [1.807, 2.05) is 18.1 Å². The summed E-state index contributed by atoms with van der Waals surface area (Å²) in [5.41, 5.74) is 0.912. The van der Waals surface area contributed by atoms with Gasteiger partial charge in [0, 0.05) is 38.4 Å². The molecule has 1 fully saturated rings. The van der Waals surface area contributed by atoms with Crippen LogP contribution >= 0.6 is 23.1 Å². The fourth-order valence-electron chi connectivity index (χ4n) is 3.19. The predicted octanol–water partition coefficient (Wildman–Crippen LogP) is 2.52. The molecule has 0 spiro atoms. The summed E-state index contributed by atoms with van der Waals surface area (Å²) >= 11 is 3.10. The minimum atomic E-state index is -0.0527. The van der Waals surface area contributed by atoms with Crippen LogP contribution in [0.4, 0.5) is 5.82 Å². The van der Waals surface area contributed by atoms with Crippen molar-refractivity contribution in [2.24, 2.45) is 0 Å². The molecule has 2 aromatic heterocycles. The fraction of sp³-hybridized carbons (Fsp3) is 0.556. The molecule has 27 heavy (non-hydrogen) atoms. The van der Waals surface area contributed by atoms with E-state index in [1.165, 1.54) is 17.7 Å². The van der Waals surface area contributed by atoms with Crippen LogP contribution in [0.5, 0.6) is 0 Å². The molecule has 0 radical (unpaired) electrons. The van der Waals surface area contributed by atoms with E-state index < -0.39 is 0 Å². The third-order valence-electron chi connectivity index (χ3n) is 4.59. The second kappa shape index (κ2) is 9.36. The van der Waals surface area contributed by atoms with E-state index in [9.17, 15) is 9.59 Å². The van der Waals surface area contributed by atoms with Crippen molar-refractivity contribution in [3.63, 3.8) is 0 Å². The zero-order chi connectivity index (χ0) is 19.2. The van der Waals surface area contributed by atoms with Crippen molar-refractivity contribution in [2.75, 3.05) is 43.5 Å². The Bertz CT molecular complexity index is 823. The monoisotopic (exact) mass is 407 g/mol. The van der Waals surface area contributed by atoms with Crippen LogP contribution in [0.15, 0.2) is 6.33 Å². The van der Waals surface area contributed by atoms with E-state index in [1.54, 1.807) is 11.8 Å². The number of likely N-dealkylation sites (tertiary alicyclic amines) is 1. The lowest BCUT2D eigenvalue weighted by Crippen LogP contribution is -2.27. The van der Waals surface area contributed by atoms with E-state index in [0.29, 0.717) is 17.8 Å². The molecule has 146 valence electrons. The van der Waals surface area contributed by atoms with Crippen molar-refractivity contribution in [2.45, 2.75) is 26.2 Å². The molecule has 2 N–H and O–H groups in total. The molecule has 7 nitrogen and oxygen atoms in total. The first-order valence-electron chi connectivity index (χ1n) is 9.14. The molecule has 0 saturated carbocycles. The number of nitrogens with zero attached hydrogens (tertiary/aromatic N) is 3. The number of thioether (sulfide) groups is 1. The molecule has 1 aliphatic heterocycles. The Morgan fingerprint density at radius 3 is 2.96 bits per heavy atom. The fourth-order valence-corrected chi connectivity index (χ4v) is 4.56. The van der Waals surface area contributed by atoms with Crippen LogP contribution in [0.25, 0.3) is 10.2 Å². The molecule has 0 aliphatic carbocycles. The van der Waals surface area contributed by atoms with Gasteiger partial charge in [-0.3, -0.25) is 9.59 Å². The number of anilines is 1. The summed E-state index contributed by atoms with van der Waals surface area (Å²) in [5, 5.41) is 7.22. The largest absolute Gasteiger partial charge is 0.369 e. The van der Waals surface area contributed by atoms with Gasteiger partial charge >= 0.3 is 0 Å². The second-order valence-corrected chi connectivity index (χ2v) is 8.46. The number of aryl methyl sites for hydroxylation is 1. The number of fused-ring (bicyclic) bond motifs is 1. The lowest BCUT2D eigenvalue weighted by Gasteiger charge is -2.15. The summed E-state index contributed by atoms with van der Waals surface area (Å²) < 4.78 is 0. The number of carbonyl (C=O) groups excluding carboxylic acids is 2. The van der Waals surface area contributed by atoms with Crippen LogP contribution in [0, 0.1) is 6.92 Å². The van der Waals surface area contributed by atoms with Crippen molar-refractivity contribution in [3.8, 4) is 0 Å². The predicted molar refractivity (Wildman–Crippen MR) is 112 cm³/mol. The van der Waals surface area contributed by atoms with E-state index in [4.69, 9.17) is 0 Å². The van der Waals surface area contributed by atoms with E-state index in [2.05, 4.69) is 20.6 Å².